The molecule has 0 aromatic carbocycles. The largest absolute Gasteiger partial charge is 0.412 e. The van der Waals surface area contributed by atoms with Gasteiger partial charge in [-0.1, -0.05) is 0 Å². The summed E-state index contributed by atoms with van der Waals surface area (Å²) in [6.07, 6.45) is 0. The molecule has 0 bridgehead atoms. The van der Waals surface area contributed by atoms with Crippen LogP contribution in [0.2, 0.25) is 0 Å². The van der Waals surface area contributed by atoms with Gasteiger partial charge in [0.15, 0.2) is 0 Å². The van der Waals surface area contributed by atoms with Gasteiger partial charge >= 0.3 is 0 Å². The summed E-state index contributed by atoms with van der Waals surface area (Å²) in [4.78, 5) is 0. The lowest BCUT2D eigenvalue weighted by Crippen LogP contribution is -0.290. The van der Waals surface area contributed by atoms with Crippen molar-refractivity contribution in [2.24, 2.45) is 0 Å². The Bertz CT molecular complexity index is 8.81. The van der Waals surface area contributed by atoms with Gasteiger partial charge in [-0.25, -0.2) is 0 Å². The molecule has 7 nitrogen and oxygen atoms in total. The lowest BCUT2D eigenvalue weighted by Gasteiger charge is -0.413. The SMILES string of the molecule is Cl.Cl.Cl.O.O.O.O.O.O.O. The molecule has 0 heterocycles. The van der Waals surface area contributed by atoms with Gasteiger partial charge in [0, 0.05) is 0 Å². The van der Waals surface area contributed by atoms with Crippen molar-refractivity contribution in [1.29, 1.82) is 0 Å². The second kappa shape index (κ2) is 2030. The minimum atomic E-state index is 0. The highest BCUT2D eigenvalue weighted by Gasteiger charge is -0.145. The van der Waals surface area contributed by atoms with E-state index in [-0.39, 0.29) is 75.6 Å². The van der Waals surface area contributed by atoms with Crippen molar-refractivity contribution >= 4 is 37.2 Å². The van der Waals surface area contributed by atoms with Gasteiger partial charge in [0.05, 0.1) is 0 Å². The minimum Gasteiger partial charge on any atom is -0.412 e. The van der Waals surface area contributed by atoms with Crippen LogP contribution in [0.1, 0.15) is 0 Å². The number of hydrogen-bond donors (Lipinski definition) is 0. The van der Waals surface area contributed by atoms with Gasteiger partial charge < -0.3 is 38.3 Å². The molecular formula is H17Cl3O7. The van der Waals surface area contributed by atoms with E-state index < -0.39 is 0 Å². The summed E-state index contributed by atoms with van der Waals surface area (Å²) in [5.74, 6) is 0. The van der Waals surface area contributed by atoms with E-state index in [0.29, 0.717) is 0 Å². The van der Waals surface area contributed by atoms with Crippen molar-refractivity contribution in [3.05, 3.63) is 0 Å². The predicted molar refractivity (Wildman–Crippen MR) is 47.0 cm³/mol. The third kappa shape index (κ3) is 1420. The fraction of sp³-hybridized carbons (Fsp3) is 0. The third-order valence-corrected chi connectivity index (χ3v) is 0. The molecule has 0 atom stereocenters. The molecule has 0 aliphatic heterocycles. The minimum absolute atomic E-state index is 0. The molecule has 0 aromatic rings. The van der Waals surface area contributed by atoms with Gasteiger partial charge in [0.1, 0.15) is 0 Å². The zero-order valence-corrected chi connectivity index (χ0v) is 7.17. The molecule has 0 amide bonds. The maximum absolute atomic E-state index is 0. The van der Waals surface area contributed by atoms with Crippen molar-refractivity contribution in [1.82, 2.24) is 0 Å². The van der Waals surface area contributed by atoms with Crippen molar-refractivity contribution in [2.75, 3.05) is 0 Å². The first kappa shape index (κ1) is 2800. The first-order valence-electron chi connectivity index (χ1n) is 0. The van der Waals surface area contributed by atoms with Gasteiger partial charge in [-0.3, -0.25) is 0 Å². The van der Waals surface area contributed by atoms with Gasteiger partial charge in [-0.2, -0.15) is 0 Å². The molecule has 14 N–H and O–H groups in total. The molecule has 0 radical (unpaired) electrons. The second-order valence-corrected chi connectivity index (χ2v) is 0. The van der Waals surface area contributed by atoms with Gasteiger partial charge in [-0.15, -0.1) is 37.2 Å². The number of rotatable bonds is 0. The first-order valence-corrected chi connectivity index (χ1v) is 0. The van der Waals surface area contributed by atoms with E-state index in [9.17, 15) is 0 Å². The van der Waals surface area contributed by atoms with Crippen LogP contribution < -0.4 is 0 Å². The Labute approximate surface area is 76.2 Å². The lowest BCUT2D eigenvalue weighted by atomic mass is 16.0. The summed E-state index contributed by atoms with van der Waals surface area (Å²) in [5.41, 5.74) is 0. The quantitative estimate of drug-likeness (QED) is 0.387. The van der Waals surface area contributed by atoms with E-state index in [2.05, 4.69) is 0 Å². The molecule has 0 aliphatic rings. The Kier molecular flexibility index (Phi) is 569000. The van der Waals surface area contributed by atoms with E-state index in [1.807, 2.05) is 0 Å². The highest BCUT2D eigenvalue weighted by atomic mass is 35.5. The summed E-state index contributed by atoms with van der Waals surface area (Å²) in [6.45, 7) is 0. The van der Waals surface area contributed by atoms with Crippen LogP contribution in [-0.4, -0.2) is 38.3 Å². The van der Waals surface area contributed by atoms with Crippen LogP contribution in [0.5, 0.6) is 0 Å². The summed E-state index contributed by atoms with van der Waals surface area (Å²) in [5, 5.41) is 0. The van der Waals surface area contributed by atoms with E-state index >= 15 is 0 Å². The van der Waals surface area contributed by atoms with Crippen LogP contribution in [0, 0.1) is 0 Å². The van der Waals surface area contributed by atoms with Crippen LogP contribution in [0.3, 0.4) is 0 Å². The summed E-state index contributed by atoms with van der Waals surface area (Å²) in [6, 6.07) is 0. The molecule has 0 unspecified atom stereocenters. The van der Waals surface area contributed by atoms with Crippen LogP contribution >= 0.6 is 37.2 Å². The van der Waals surface area contributed by atoms with E-state index in [4.69, 9.17) is 0 Å². The van der Waals surface area contributed by atoms with Crippen LogP contribution in [-0.2, 0) is 0 Å². The van der Waals surface area contributed by atoms with Crippen molar-refractivity contribution < 1.29 is 38.3 Å². The molecule has 0 fully saturated rings. The van der Waals surface area contributed by atoms with Crippen LogP contribution in [0.25, 0.3) is 0 Å². The highest BCUT2D eigenvalue weighted by Crippen LogP contribution is 0.692. The first-order chi connectivity index (χ1) is 0. The Morgan fingerprint density at radius 2 is 0.200 bits per heavy atom. The number of hydrogen-bond acceptors (Lipinski definition) is 0. The standard InChI is InChI=1S/3ClH.7H2O/h3*1H;7*1H2. The average molecular weight is 235 g/mol. The van der Waals surface area contributed by atoms with Crippen molar-refractivity contribution in [3.8, 4) is 0 Å². The molecular weight excluding hydrogens is 218 g/mol. The van der Waals surface area contributed by atoms with E-state index in [0.717, 1.165) is 0 Å². The maximum Gasteiger partial charge on any atom is -0.147 e. The molecule has 80 valence electrons. The summed E-state index contributed by atoms with van der Waals surface area (Å²) >= 11 is 0. The third-order valence-electron chi connectivity index (χ3n) is 0. The number of halogens is 3. The van der Waals surface area contributed by atoms with Gasteiger partial charge in [0.25, 0.3) is 0 Å². The zero-order valence-electron chi connectivity index (χ0n) is 4.72. The maximum atomic E-state index is 0. The van der Waals surface area contributed by atoms with Crippen LogP contribution in [0.4, 0.5) is 0 Å². The molecule has 0 rings (SSSR count). The Balaban J connectivity index is 0. The molecule has 0 saturated carbocycles. The molecule has 10 heteroatoms. The predicted octanol–water partition coefficient (Wildman–Crippen LogP) is -4.51. The van der Waals surface area contributed by atoms with E-state index in [1.54, 1.807) is 0 Å². The Hall–Kier alpha value is 0.590. The molecule has 0 spiro atoms. The average Bonchev–Trinajstić information content (AvgIpc) is 0. The summed E-state index contributed by atoms with van der Waals surface area (Å²) < 4.78 is 0. The fourth-order valence-corrected chi connectivity index (χ4v) is 0. The monoisotopic (exact) mass is 234 g/mol. The molecule has 0 saturated heterocycles. The molecule has 0 aromatic heterocycles. The van der Waals surface area contributed by atoms with Gasteiger partial charge in [0.2, 0.25) is 0 Å². The topological polar surface area (TPSA) is 220 Å². The Morgan fingerprint density at radius 3 is 0.200 bits per heavy atom. The smallest absolute Gasteiger partial charge is 0.147 e. The van der Waals surface area contributed by atoms with Crippen molar-refractivity contribution in [3.63, 3.8) is 0 Å². The Morgan fingerprint density at radius 1 is 0.200 bits per heavy atom. The van der Waals surface area contributed by atoms with Gasteiger partial charge in [-0.05, 0) is 0 Å². The zero-order chi connectivity index (χ0) is 0. The lowest BCUT2D eigenvalue weighted by molar-refractivity contribution is 0.823. The van der Waals surface area contributed by atoms with Crippen molar-refractivity contribution in [2.45, 2.75) is 0 Å². The second-order valence-electron chi connectivity index (χ2n) is 0. The van der Waals surface area contributed by atoms with Crippen LogP contribution in [0.15, 0.2) is 0 Å². The molecule has 0 aliphatic carbocycles. The van der Waals surface area contributed by atoms with E-state index in [1.165, 1.54) is 0 Å². The fourth-order valence-electron chi connectivity index (χ4n) is 0. The molecule has 10 heavy (non-hydrogen) atoms. The highest BCUT2D eigenvalue weighted by molar-refractivity contribution is 5.86. The summed E-state index contributed by atoms with van der Waals surface area (Å²) in [7, 11) is 0. The normalized spacial score (nSPS) is 0.